The van der Waals surface area contributed by atoms with E-state index in [-0.39, 0.29) is 0 Å². The number of nitrogens with zero attached hydrogens (tertiary/aromatic N) is 1. The Bertz CT molecular complexity index is 142. The van der Waals surface area contributed by atoms with Crippen LogP contribution < -0.4 is 0 Å². The van der Waals surface area contributed by atoms with E-state index in [0.717, 1.165) is 32.5 Å². The van der Waals surface area contributed by atoms with Crippen molar-refractivity contribution in [1.82, 2.24) is 4.90 Å². The zero-order valence-corrected chi connectivity index (χ0v) is 7.21. The lowest BCUT2D eigenvalue weighted by Gasteiger charge is -2.17. The predicted octanol–water partition coefficient (Wildman–Crippen LogP) is 1.02. The van der Waals surface area contributed by atoms with Crippen LogP contribution in [-0.4, -0.2) is 35.2 Å². The summed E-state index contributed by atoms with van der Waals surface area (Å²) in [4.78, 5) is 2.28. The van der Waals surface area contributed by atoms with Gasteiger partial charge < -0.3 is 10.0 Å². The van der Waals surface area contributed by atoms with Gasteiger partial charge in [0.2, 0.25) is 0 Å². The first-order valence-electron chi connectivity index (χ1n) is 4.20. The van der Waals surface area contributed by atoms with Gasteiger partial charge in [0.25, 0.3) is 0 Å². The molecule has 1 unspecified atom stereocenters. The van der Waals surface area contributed by atoms with Gasteiger partial charge in [-0.05, 0) is 19.8 Å². The average molecular weight is 155 g/mol. The minimum absolute atomic E-state index is 0.443. The number of likely N-dealkylation sites (tertiary alicyclic amines) is 1. The van der Waals surface area contributed by atoms with Crippen molar-refractivity contribution in [2.75, 3.05) is 19.6 Å². The summed E-state index contributed by atoms with van der Waals surface area (Å²) in [6.07, 6.45) is 3.85. The van der Waals surface area contributed by atoms with E-state index >= 15 is 0 Å². The zero-order chi connectivity index (χ0) is 8.32. The maximum Gasteiger partial charge on any atom is 0.0758 e. The number of β-amino-alcohol motifs (C(OH)–C–C–N with tert-alkyl or cyclic N) is 1. The van der Waals surface area contributed by atoms with Crippen molar-refractivity contribution in [3.05, 3.63) is 12.7 Å². The molecule has 64 valence electrons. The van der Waals surface area contributed by atoms with Crippen LogP contribution in [0.1, 0.15) is 19.8 Å². The first-order valence-corrected chi connectivity index (χ1v) is 4.20. The SMILES string of the molecule is C=CCCN1CCC(C)(O)C1. The molecule has 1 atom stereocenters. The molecule has 0 aromatic carbocycles. The van der Waals surface area contributed by atoms with E-state index in [4.69, 9.17) is 0 Å². The summed E-state index contributed by atoms with van der Waals surface area (Å²) in [5.41, 5.74) is -0.443. The Labute approximate surface area is 68.5 Å². The van der Waals surface area contributed by atoms with E-state index in [1.54, 1.807) is 0 Å². The van der Waals surface area contributed by atoms with Gasteiger partial charge in [0.05, 0.1) is 5.60 Å². The van der Waals surface area contributed by atoms with Gasteiger partial charge >= 0.3 is 0 Å². The second-order valence-electron chi connectivity index (χ2n) is 3.60. The minimum Gasteiger partial charge on any atom is -0.389 e. The Kier molecular flexibility index (Phi) is 2.68. The summed E-state index contributed by atoms with van der Waals surface area (Å²) in [6, 6.07) is 0. The first-order chi connectivity index (χ1) is 5.14. The van der Waals surface area contributed by atoms with E-state index in [1.807, 2.05) is 13.0 Å². The fourth-order valence-corrected chi connectivity index (χ4v) is 1.50. The summed E-state index contributed by atoms with van der Waals surface area (Å²) < 4.78 is 0. The lowest BCUT2D eigenvalue weighted by Crippen LogP contribution is -2.30. The Hall–Kier alpha value is -0.340. The molecule has 1 aliphatic heterocycles. The Morgan fingerprint density at radius 1 is 1.73 bits per heavy atom. The van der Waals surface area contributed by atoms with Crippen LogP contribution in [0.5, 0.6) is 0 Å². The molecule has 0 bridgehead atoms. The highest BCUT2D eigenvalue weighted by molar-refractivity contribution is 4.86. The maximum atomic E-state index is 9.60. The van der Waals surface area contributed by atoms with Crippen LogP contribution in [0.4, 0.5) is 0 Å². The molecule has 1 N–H and O–H groups in total. The van der Waals surface area contributed by atoms with Gasteiger partial charge in [0.15, 0.2) is 0 Å². The molecule has 2 nitrogen and oxygen atoms in total. The van der Waals surface area contributed by atoms with Crippen LogP contribution >= 0.6 is 0 Å². The molecule has 0 aromatic rings. The Balaban J connectivity index is 2.24. The van der Waals surface area contributed by atoms with E-state index in [9.17, 15) is 5.11 Å². The highest BCUT2D eigenvalue weighted by Gasteiger charge is 2.30. The van der Waals surface area contributed by atoms with E-state index in [0.29, 0.717) is 0 Å². The Morgan fingerprint density at radius 2 is 2.45 bits per heavy atom. The highest BCUT2D eigenvalue weighted by Crippen LogP contribution is 2.19. The topological polar surface area (TPSA) is 23.5 Å². The Morgan fingerprint density at radius 3 is 2.91 bits per heavy atom. The monoisotopic (exact) mass is 155 g/mol. The molecule has 1 fully saturated rings. The quantitative estimate of drug-likeness (QED) is 0.615. The molecule has 0 spiro atoms. The van der Waals surface area contributed by atoms with Crippen LogP contribution in [0.3, 0.4) is 0 Å². The lowest BCUT2D eigenvalue weighted by atomic mass is 10.1. The van der Waals surface area contributed by atoms with Gasteiger partial charge in [0, 0.05) is 19.6 Å². The molecule has 1 saturated heterocycles. The molecule has 1 aliphatic rings. The summed E-state index contributed by atoms with van der Waals surface area (Å²) >= 11 is 0. The molecule has 11 heavy (non-hydrogen) atoms. The number of hydrogen-bond donors (Lipinski definition) is 1. The largest absolute Gasteiger partial charge is 0.389 e. The second-order valence-corrected chi connectivity index (χ2v) is 3.60. The van der Waals surface area contributed by atoms with Gasteiger partial charge in [-0.25, -0.2) is 0 Å². The van der Waals surface area contributed by atoms with Crippen LogP contribution in [-0.2, 0) is 0 Å². The third-order valence-electron chi connectivity index (χ3n) is 2.18. The molecule has 1 rings (SSSR count). The van der Waals surface area contributed by atoms with Gasteiger partial charge in [-0.1, -0.05) is 6.08 Å². The van der Waals surface area contributed by atoms with Crippen LogP contribution in [0.25, 0.3) is 0 Å². The molecular formula is C9H17NO. The third-order valence-corrected chi connectivity index (χ3v) is 2.18. The lowest BCUT2D eigenvalue weighted by molar-refractivity contribution is 0.0690. The van der Waals surface area contributed by atoms with Crippen LogP contribution in [0.2, 0.25) is 0 Å². The van der Waals surface area contributed by atoms with Crippen LogP contribution in [0.15, 0.2) is 12.7 Å². The van der Waals surface area contributed by atoms with Crippen molar-refractivity contribution in [3.63, 3.8) is 0 Å². The fourth-order valence-electron chi connectivity index (χ4n) is 1.50. The van der Waals surface area contributed by atoms with E-state index < -0.39 is 5.60 Å². The molecule has 0 amide bonds. The minimum atomic E-state index is -0.443. The highest BCUT2D eigenvalue weighted by atomic mass is 16.3. The number of hydrogen-bond acceptors (Lipinski definition) is 2. The summed E-state index contributed by atoms with van der Waals surface area (Å²) in [5.74, 6) is 0. The van der Waals surface area contributed by atoms with Crippen molar-refractivity contribution >= 4 is 0 Å². The molecule has 0 aromatic heterocycles. The maximum absolute atomic E-state index is 9.60. The average Bonchev–Trinajstić information content (AvgIpc) is 2.26. The van der Waals surface area contributed by atoms with Crippen molar-refractivity contribution in [2.45, 2.75) is 25.4 Å². The van der Waals surface area contributed by atoms with E-state index in [1.165, 1.54) is 0 Å². The van der Waals surface area contributed by atoms with Crippen molar-refractivity contribution in [2.24, 2.45) is 0 Å². The number of aliphatic hydroxyl groups is 1. The van der Waals surface area contributed by atoms with Crippen molar-refractivity contribution < 1.29 is 5.11 Å². The first kappa shape index (κ1) is 8.75. The van der Waals surface area contributed by atoms with Gasteiger partial charge in [-0.2, -0.15) is 0 Å². The standard InChI is InChI=1S/C9H17NO/c1-3-4-6-10-7-5-9(2,11)8-10/h3,11H,1,4-8H2,2H3. The molecule has 0 saturated carbocycles. The molecule has 1 heterocycles. The molecule has 0 aliphatic carbocycles. The van der Waals surface area contributed by atoms with Crippen molar-refractivity contribution in [3.8, 4) is 0 Å². The zero-order valence-electron chi connectivity index (χ0n) is 7.21. The van der Waals surface area contributed by atoms with E-state index in [2.05, 4.69) is 11.5 Å². The molecule has 2 heteroatoms. The normalized spacial score (nSPS) is 32.5. The second kappa shape index (κ2) is 3.37. The number of rotatable bonds is 3. The molecule has 0 radical (unpaired) electrons. The van der Waals surface area contributed by atoms with Gasteiger partial charge in [-0.15, -0.1) is 6.58 Å². The third kappa shape index (κ3) is 2.64. The predicted molar refractivity (Wildman–Crippen MR) is 46.5 cm³/mol. The summed E-state index contributed by atoms with van der Waals surface area (Å²) in [5, 5.41) is 9.60. The van der Waals surface area contributed by atoms with Gasteiger partial charge in [-0.3, -0.25) is 0 Å². The van der Waals surface area contributed by atoms with Crippen molar-refractivity contribution in [1.29, 1.82) is 0 Å². The van der Waals surface area contributed by atoms with Crippen LogP contribution in [0, 0.1) is 0 Å². The smallest absolute Gasteiger partial charge is 0.0758 e. The summed E-state index contributed by atoms with van der Waals surface area (Å²) in [6.45, 7) is 8.46. The molecular weight excluding hydrogens is 138 g/mol. The fraction of sp³-hybridized carbons (Fsp3) is 0.778. The van der Waals surface area contributed by atoms with Gasteiger partial charge in [0.1, 0.15) is 0 Å². The summed E-state index contributed by atoms with van der Waals surface area (Å²) in [7, 11) is 0.